The lowest BCUT2D eigenvalue weighted by molar-refractivity contribution is 0.0937. The fourth-order valence-corrected chi connectivity index (χ4v) is 0.683. The molecule has 0 aromatic carbocycles. The standard InChI is InChI=1S/C7H9N3O.HI/c1-8-10-7(11)6-3-2-4-9-5-6;/h2-5,8H,1H3,(H,10,11);1H. The van der Waals surface area contributed by atoms with Crippen molar-refractivity contribution in [2.45, 2.75) is 0 Å². The van der Waals surface area contributed by atoms with Crippen molar-refractivity contribution in [3.63, 3.8) is 0 Å². The van der Waals surface area contributed by atoms with E-state index in [1.807, 2.05) is 0 Å². The van der Waals surface area contributed by atoms with E-state index in [9.17, 15) is 4.79 Å². The number of hydrogen-bond acceptors (Lipinski definition) is 3. The fourth-order valence-electron chi connectivity index (χ4n) is 0.683. The minimum Gasteiger partial charge on any atom is -0.288 e. The molecule has 0 radical (unpaired) electrons. The average molecular weight is 279 g/mol. The Hall–Kier alpha value is -0.690. The highest BCUT2D eigenvalue weighted by atomic mass is 127. The third-order valence-electron chi connectivity index (χ3n) is 1.16. The highest BCUT2D eigenvalue weighted by Gasteiger charge is 2.00. The minimum atomic E-state index is -0.180. The predicted octanol–water partition coefficient (Wildman–Crippen LogP) is 0.564. The van der Waals surface area contributed by atoms with E-state index >= 15 is 0 Å². The van der Waals surface area contributed by atoms with Crippen LogP contribution in [0, 0.1) is 0 Å². The Kier molecular flexibility index (Phi) is 5.56. The van der Waals surface area contributed by atoms with Gasteiger partial charge in [0.05, 0.1) is 5.56 Å². The van der Waals surface area contributed by atoms with Crippen molar-refractivity contribution in [2.24, 2.45) is 0 Å². The number of aromatic nitrogens is 1. The quantitative estimate of drug-likeness (QED) is 0.614. The Morgan fingerprint density at radius 3 is 2.83 bits per heavy atom. The molecule has 1 rings (SSSR count). The molecule has 0 saturated heterocycles. The molecule has 1 amide bonds. The molecule has 0 spiro atoms. The van der Waals surface area contributed by atoms with Gasteiger partial charge in [-0.05, 0) is 12.1 Å². The van der Waals surface area contributed by atoms with Crippen LogP contribution in [0.15, 0.2) is 24.5 Å². The van der Waals surface area contributed by atoms with Crippen molar-refractivity contribution in [1.29, 1.82) is 0 Å². The highest BCUT2D eigenvalue weighted by molar-refractivity contribution is 14.0. The topological polar surface area (TPSA) is 54.0 Å². The van der Waals surface area contributed by atoms with E-state index in [1.54, 1.807) is 25.4 Å². The molecule has 1 heterocycles. The van der Waals surface area contributed by atoms with Crippen LogP contribution in [0.4, 0.5) is 0 Å². The van der Waals surface area contributed by atoms with Gasteiger partial charge in [0.2, 0.25) is 0 Å². The molecule has 1 aromatic heterocycles. The van der Waals surface area contributed by atoms with Gasteiger partial charge in [0.25, 0.3) is 5.91 Å². The first-order valence-corrected chi connectivity index (χ1v) is 3.21. The molecular formula is C7H10IN3O. The molecule has 0 atom stereocenters. The molecule has 0 saturated carbocycles. The molecule has 66 valence electrons. The first kappa shape index (κ1) is 11.3. The second kappa shape index (κ2) is 5.90. The number of nitrogens with zero attached hydrogens (tertiary/aromatic N) is 1. The Morgan fingerprint density at radius 2 is 2.33 bits per heavy atom. The summed E-state index contributed by atoms with van der Waals surface area (Å²) in [7, 11) is 1.63. The summed E-state index contributed by atoms with van der Waals surface area (Å²) in [6.45, 7) is 0. The first-order chi connectivity index (χ1) is 5.34. The summed E-state index contributed by atoms with van der Waals surface area (Å²) in [6.07, 6.45) is 3.13. The maximum atomic E-state index is 11.0. The zero-order chi connectivity index (χ0) is 8.10. The Balaban J connectivity index is 0.00000121. The lowest BCUT2D eigenvalue weighted by Gasteiger charge is -2.00. The summed E-state index contributed by atoms with van der Waals surface area (Å²) in [5.41, 5.74) is 5.51. The van der Waals surface area contributed by atoms with Gasteiger partial charge >= 0.3 is 0 Å². The fraction of sp³-hybridized carbons (Fsp3) is 0.143. The van der Waals surface area contributed by atoms with Crippen molar-refractivity contribution >= 4 is 29.9 Å². The van der Waals surface area contributed by atoms with Gasteiger partial charge in [-0.2, -0.15) is 0 Å². The smallest absolute Gasteiger partial charge is 0.266 e. The van der Waals surface area contributed by atoms with Gasteiger partial charge in [0, 0.05) is 19.4 Å². The second-order valence-electron chi connectivity index (χ2n) is 1.95. The van der Waals surface area contributed by atoms with Gasteiger partial charge in [0.15, 0.2) is 0 Å². The SMILES string of the molecule is CNNC(=O)c1cccnc1.I. The molecular weight excluding hydrogens is 269 g/mol. The Bertz CT molecular complexity index is 240. The molecule has 0 fully saturated rings. The summed E-state index contributed by atoms with van der Waals surface area (Å²) in [5.74, 6) is -0.180. The number of hydrogen-bond donors (Lipinski definition) is 2. The minimum absolute atomic E-state index is 0. The molecule has 0 aliphatic heterocycles. The van der Waals surface area contributed by atoms with Crippen molar-refractivity contribution in [3.8, 4) is 0 Å². The van der Waals surface area contributed by atoms with Crippen molar-refractivity contribution in [1.82, 2.24) is 15.8 Å². The molecule has 2 N–H and O–H groups in total. The molecule has 0 aliphatic carbocycles. The predicted molar refractivity (Wildman–Crippen MR) is 56.2 cm³/mol. The molecule has 5 heteroatoms. The van der Waals surface area contributed by atoms with Crippen LogP contribution in [0.5, 0.6) is 0 Å². The number of hydrazine groups is 1. The van der Waals surface area contributed by atoms with Gasteiger partial charge in [-0.1, -0.05) is 0 Å². The molecule has 0 unspecified atom stereocenters. The van der Waals surface area contributed by atoms with E-state index in [0.717, 1.165) is 0 Å². The van der Waals surface area contributed by atoms with Crippen molar-refractivity contribution in [3.05, 3.63) is 30.1 Å². The summed E-state index contributed by atoms with van der Waals surface area (Å²) in [5, 5.41) is 0. The van der Waals surface area contributed by atoms with E-state index in [1.165, 1.54) is 6.20 Å². The summed E-state index contributed by atoms with van der Waals surface area (Å²) in [4.78, 5) is 14.8. The van der Waals surface area contributed by atoms with E-state index < -0.39 is 0 Å². The van der Waals surface area contributed by atoms with Crippen LogP contribution in [0.2, 0.25) is 0 Å². The number of nitrogens with one attached hydrogen (secondary N) is 2. The number of pyridine rings is 1. The van der Waals surface area contributed by atoms with Crippen LogP contribution < -0.4 is 10.9 Å². The lowest BCUT2D eigenvalue weighted by atomic mass is 10.3. The molecule has 0 bridgehead atoms. The average Bonchev–Trinajstić information content (AvgIpc) is 2.07. The van der Waals surface area contributed by atoms with Crippen LogP contribution >= 0.6 is 24.0 Å². The molecule has 1 aromatic rings. The van der Waals surface area contributed by atoms with Gasteiger partial charge in [0.1, 0.15) is 0 Å². The monoisotopic (exact) mass is 279 g/mol. The van der Waals surface area contributed by atoms with Gasteiger partial charge in [-0.3, -0.25) is 15.2 Å². The molecule has 12 heavy (non-hydrogen) atoms. The molecule has 0 aliphatic rings. The number of halogens is 1. The highest BCUT2D eigenvalue weighted by Crippen LogP contribution is 1.93. The lowest BCUT2D eigenvalue weighted by Crippen LogP contribution is -2.34. The summed E-state index contributed by atoms with van der Waals surface area (Å²) < 4.78 is 0. The molecule has 4 nitrogen and oxygen atoms in total. The third-order valence-corrected chi connectivity index (χ3v) is 1.16. The number of amides is 1. The van der Waals surface area contributed by atoms with Crippen LogP contribution in [-0.2, 0) is 0 Å². The first-order valence-electron chi connectivity index (χ1n) is 3.21. The van der Waals surface area contributed by atoms with Gasteiger partial charge in [-0.25, -0.2) is 5.43 Å². The number of carbonyl (C=O) groups excluding carboxylic acids is 1. The van der Waals surface area contributed by atoms with Crippen molar-refractivity contribution in [2.75, 3.05) is 7.05 Å². The largest absolute Gasteiger partial charge is 0.288 e. The van der Waals surface area contributed by atoms with Crippen LogP contribution in [0.1, 0.15) is 10.4 Å². The zero-order valence-corrected chi connectivity index (χ0v) is 8.90. The second-order valence-corrected chi connectivity index (χ2v) is 1.95. The van der Waals surface area contributed by atoms with Crippen LogP contribution in [0.25, 0.3) is 0 Å². The maximum absolute atomic E-state index is 11.0. The summed E-state index contributed by atoms with van der Waals surface area (Å²) >= 11 is 0. The summed E-state index contributed by atoms with van der Waals surface area (Å²) in [6, 6.07) is 3.41. The third kappa shape index (κ3) is 3.14. The zero-order valence-electron chi connectivity index (χ0n) is 6.57. The van der Waals surface area contributed by atoms with E-state index in [4.69, 9.17) is 0 Å². The van der Waals surface area contributed by atoms with Gasteiger partial charge < -0.3 is 0 Å². The van der Waals surface area contributed by atoms with E-state index in [-0.39, 0.29) is 29.9 Å². The van der Waals surface area contributed by atoms with Gasteiger partial charge in [-0.15, -0.1) is 24.0 Å². The van der Waals surface area contributed by atoms with Crippen molar-refractivity contribution < 1.29 is 4.79 Å². The van der Waals surface area contributed by atoms with E-state index in [2.05, 4.69) is 15.8 Å². The Labute approximate surface area is 87.8 Å². The number of rotatable bonds is 2. The normalized spacial score (nSPS) is 8.42. The van der Waals surface area contributed by atoms with Crippen LogP contribution in [-0.4, -0.2) is 17.9 Å². The van der Waals surface area contributed by atoms with Crippen LogP contribution in [0.3, 0.4) is 0 Å². The number of carbonyl (C=O) groups is 1. The Morgan fingerprint density at radius 1 is 1.58 bits per heavy atom. The maximum Gasteiger partial charge on any atom is 0.266 e. The van der Waals surface area contributed by atoms with E-state index in [0.29, 0.717) is 5.56 Å².